The van der Waals surface area contributed by atoms with Gasteiger partial charge in [0.15, 0.2) is 11.5 Å². The van der Waals surface area contributed by atoms with E-state index in [-0.39, 0.29) is 5.75 Å². The number of methoxy groups -OCH3 is 1. The molecule has 0 fully saturated rings. The predicted molar refractivity (Wildman–Crippen MR) is 84.7 cm³/mol. The fraction of sp³-hybridized carbons (Fsp3) is 0.0625. The van der Waals surface area contributed by atoms with Crippen LogP contribution in [0.5, 0.6) is 11.5 Å². The van der Waals surface area contributed by atoms with Crippen LogP contribution in [0.4, 0.5) is 0 Å². The first-order valence-corrected chi connectivity index (χ1v) is 7.29. The summed E-state index contributed by atoms with van der Waals surface area (Å²) in [5, 5.41) is 19.4. The van der Waals surface area contributed by atoms with Gasteiger partial charge >= 0.3 is 0 Å². The smallest absolute Gasteiger partial charge is 0.274 e. The molecule has 0 aliphatic heterocycles. The molecule has 1 aromatic heterocycles. The number of rotatable bonds is 3. The molecule has 0 atom stereocenters. The van der Waals surface area contributed by atoms with Gasteiger partial charge in [-0.2, -0.15) is 0 Å². The minimum Gasteiger partial charge on any atom is -0.504 e. The molecule has 0 unspecified atom stereocenters. The van der Waals surface area contributed by atoms with E-state index in [0.29, 0.717) is 11.3 Å². The monoisotopic (exact) mass is 315 g/mol. The molecule has 0 bridgehead atoms. The van der Waals surface area contributed by atoms with Gasteiger partial charge in [-0.05, 0) is 47.3 Å². The summed E-state index contributed by atoms with van der Waals surface area (Å²) in [6.07, 6.45) is 0. The number of aromatic hydroxyl groups is 1. The molecule has 3 aromatic rings. The van der Waals surface area contributed by atoms with E-state index in [4.69, 9.17) is 9.94 Å². The topological polar surface area (TPSA) is 78.8 Å². The predicted octanol–water partition coefficient (Wildman–Crippen LogP) is 3.40. The Kier molecular flexibility index (Phi) is 3.70. The quantitative estimate of drug-likeness (QED) is 0.511. The van der Waals surface area contributed by atoms with E-state index in [1.165, 1.54) is 18.4 Å². The molecule has 3 rings (SSSR count). The first kappa shape index (κ1) is 14.4. The molecule has 0 radical (unpaired) electrons. The van der Waals surface area contributed by atoms with Crippen LogP contribution in [0.2, 0.25) is 0 Å². The lowest BCUT2D eigenvalue weighted by molar-refractivity contribution is 0.0706. The van der Waals surface area contributed by atoms with Gasteiger partial charge in [0.05, 0.1) is 7.11 Å². The third-order valence-corrected chi connectivity index (χ3v) is 4.49. The van der Waals surface area contributed by atoms with E-state index in [9.17, 15) is 9.90 Å². The number of nitrogens with one attached hydrogen (secondary N) is 1. The van der Waals surface area contributed by atoms with Gasteiger partial charge in [-0.1, -0.05) is 6.07 Å². The number of hydrogen-bond acceptors (Lipinski definition) is 5. The van der Waals surface area contributed by atoms with Crippen molar-refractivity contribution >= 4 is 27.3 Å². The number of benzene rings is 2. The fourth-order valence-corrected chi connectivity index (χ4v) is 3.31. The highest BCUT2D eigenvalue weighted by atomic mass is 32.1. The molecular weight excluding hydrogens is 302 g/mol. The Morgan fingerprint density at radius 2 is 2.00 bits per heavy atom. The molecule has 1 heterocycles. The van der Waals surface area contributed by atoms with Crippen molar-refractivity contribution in [2.45, 2.75) is 0 Å². The Morgan fingerprint density at radius 1 is 1.18 bits per heavy atom. The summed E-state index contributed by atoms with van der Waals surface area (Å²) in [5.41, 5.74) is 2.94. The summed E-state index contributed by atoms with van der Waals surface area (Å²) in [5.74, 6) is -0.0345. The van der Waals surface area contributed by atoms with Crippen LogP contribution >= 0.6 is 11.3 Å². The molecule has 1 amide bonds. The molecule has 0 aliphatic rings. The summed E-state index contributed by atoms with van der Waals surface area (Å²) in [6.45, 7) is 0. The number of hydrogen-bond donors (Lipinski definition) is 3. The molecule has 22 heavy (non-hydrogen) atoms. The maximum absolute atomic E-state index is 11.5. The zero-order valence-electron chi connectivity index (χ0n) is 11.7. The highest BCUT2D eigenvalue weighted by molar-refractivity contribution is 7.22. The molecule has 112 valence electrons. The molecule has 6 heteroatoms. The SMILES string of the molecule is COc1cc(-c2cc3ccc(C(=O)NO)cc3s2)ccc1O. The summed E-state index contributed by atoms with van der Waals surface area (Å²) in [4.78, 5) is 12.4. The summed E-state index contributed by atoms with van der Waals surface area (Å²) >= 11 is 1.52. The molecule has 0 aliphatic carbocycles. The first-order valence-electron chi connectivity index (χ1n) is 6.48. The Bertz CT molecular complexity index is 856. The van der Waals surface area contributed by atoms with Gasteiger partial charge < -0.3 is 9.84 Å². The van der Waals surface area contributed by atoms with Crippen LogP contribution in [-0.4, -0.2) is 23.3 Å². The molecule has 0 saturated carbocycles. The van der Waals surface area contributed by atoms with Crippen molar-refractivity contribution in [1.29, 1.82) is 0 Å². The van der Waals surface area contributed by atoms with E-state index >= 15 is 0 Å². The second-order valence-electron chi connectivity index (χ2n) is 4.69. The van der Waals surface area contributed by atoms with Gasteiger partial charge in [0, 0.05) is 15.1 Å². The largest absolute Gasteiger partial charge is 0.504 e. The van der Waals surface area contributed by atoms with Crippen molar-refractivity contribution in [3.63, 3.8) is 0 Å². The molecule has 5 nitrogen and oxygen atoms in total. The Balaban J connectivity index is 2.06. The first-order chi connectivity index (χ1) is 10.6. The zero-order chi connectivity index (χ0) is 15.7. The molecule has 0 spiro atoms. The number of carbonyl (C=O) groups excluding carboxylic acids is 1. The molecule has 3 N–H and O–H groups in total. The van der Waals surface area contributed by atoms with Gasteiger partial charge in [0.25, 0.3) is 5.91 Å². The van der Waals surface area contributed by atoms with Crippen molar-refractivity contribution in [3.8, 4) is 21.9 Å². The zero-order valence-corrected chi connectivity index (χ0v) is 12.5. The van der Waals surface area contributed by atoms with Crippen molar-refractivity contribution in [2.75, 3.05) is 7.11 Å². The minimum atomic E-state index is -0.539. The number of fused-ring (bicyclic) bond motifs is 1. The maximum Gasteiger partial charge on any atom is 0.274 e. The number of phenols is 1. The number of ether oxygens (including phenoxy) is 1. The van der Waals surface area contributed by atoms with E-state index < -0.39 is 5.91 Å². The van der Waals surface area contributed by atoms with Crippen LogP contribution in [0.25, 0.3) is 20.5 Å². The lowest BCUT2D eigenvalue weighted by Gasteiger charge is -2.04. The van der Waals surface area contributed by atoms with E-state index in [1.807, 2.05) is 18.2 Å². The molecular formula is C16H13NO4S. The van der Waals surface area contributed by atoms with Crippen molar-refractivity contribution in [3.05, 3.63) is 48.0 Å². The third-order valence-electron chi connectivity index (χ3n) is 3.35. The summed E-state index contributed by atoms with van der Waals surface area (Å²) in [7, 11) is 1.50. The van der Waals surface area contributed by atoms with Crippen molar-refractivity contribution in [1.82, 2.24) is 5.48 Å². The van der Waals surface area contributed by atoms with Crippen LogP contribution in [0.15, 0.2) is 42.5 Å². The maximum atomic E-state index is 11.5. The van der Waals surface area contributed by atoms with E-state index in [2.05, 4.69) is 0 Å². The number of carbonyl (C=O) groups is 1. The van der Waals surface area contributed by atoms with Crippen LogP contribution in [0.1, 0.15) is 10.4 Å². The van der Waals surface area contributed by atoms with Gasteiger partial charge in [0.2, 0.25) is 0 Å². The van der Waals surface area contributed by atoms with E-state index in [0.717, 1.165) is 20.5 Å². The lowest BCUT2D eigenvalue weighted by atomic mass is 10.1. The van der Waals surface area contributed by atoms with Crippen molar-refractivity contribution < 1.29 is 19.8 Å². The third kappa shape index (κ3) is 2.49. The van der Waals surface area contributed by atoms with Crippen molar-refractivity contribution in [2.24, 2.45) is 0 Å². The number of phenolic OH excluding ortho intramolecular Hbond substituents is 1. The molecule has 2 aromatic carbocycles. The van der Waals surface area contributed by atoms with Gasteiger partial charge in [0.1, 0.15) is 0 Å². The van der Waals surface area contributed by atoms with Crippen LogP contribution in [-0.2, 0) is 0 Å². The second kappa shape index (κ2) is 5.67. The van der Waals surface area contributed by atoms with E-state index in [1.54, 1.807) is 29.7 Å². The standard InChI is InChI=1S/C16H13NO4S/c1-21-13-6-9(4-5-12(13)18)14-7-10-2-3-11(16(19)17-20)8-15(10)22-14/h2-8,18,20H,1H3,(H,17,19). The number of amides is 1. The van der Waals surface area contributed by atoms with Crippen LogP contribution in [0, 0.1) is 0 Å². The van der Waals surface area contributed by atoms with Crippen LogP contribution in [0.3, 0.4) is 0 Å². The number of hydroxylamine groups is 1. The molecule has 0 saturated heterocycles. The van der Waals surface area contributed by atoms with Gasteiger partial charge in [-0.15, -0.1) is 11.3 Å². The van der Waals surface area contributed by atoms with Gasteiger partial charge in [-0.3, -0.25) is 10.0 Å². The highest BCUT2D eigenvalue weighted by Gasteiger charge is 2.10. The summed E-state index contributed by atoms with van der Waals surface area (Å²) in [6, 6.07) is 12.4. The minimum absolute atomic E-state index is 0.0919. The average molecular weight is 315 g/mol. The van der Waals surface area contributed by atoms with Gasteiger partial charge in [-0.25, -0.2) is 5.48 Å². The lowest BCUT2D eigenvalue weighted by Crippen LogP contribution is -2.18. The highest BCUT2D eigenvalue weighted by Crippen LogP contribution is 2.37. The normalized spacial score (nSPS) is 10.6. The van der Waals surface area contributed by atoms with Crippen LogP contribution < -0.4 is 10.2 Å². The second-order valence-corrected chi connectivity index (χ2v) is 5.77. The summed E-state index contributed by atoms with van der Waals surface area (Å²) < 4.78 is 6.05. The Labute approximate surface area is 130 Å². The fourth-order valence-electron chi connectivity index (χ4n) is 2.21. The number of thiophene rings is 1. The Morgan fingerprint density at radius 3 is 2.73 bits per heavy atom. The Hall–Kier alpha value is -2.57. The average Bonchev–Trinajstić information content (AvgIpc) is 2.97.